The SMILES string of the molecule is O=C(C[n+]1ccc(C(=O)c2ccccc2)cc1)Nc1cccc(Br)c1. The van der Waals surface area contributed by atoms with Gasteiger partial charge in [0, 0.05) is 33.4 Å². The summed E-state index contributed by atoms with van der Waals surface area (Å²) in [5.74, 6) is -0.170. The van der Waals surface area contributed by atoms with E-state index in [9.17, 15) is 9.59 Å². The highest BCUT2D eigenvalue weighted by atomic mass is 79.9. The number of aromatic nitrogens is 1. The van der Waals surface area contributed by atoms with Gasteiger partial charge in [-0.1, -0.05) is 52.3 Å². The van der Waals surface area contributed by atoms with Gasteiger partial charge in [-0.25, -0.2) is 0 Å². The van der Waals surface area contributed by atoms with Gasteiger partial charge in [-0.15, -0.1) is 0 Å². The van der Waals surface area contributed by atoms with E-state index in [2.05, 4.69) is 21.2 Å². The molecule has 0 spiro atoms. The Hall–Kier alpha value is -2.79. The summed E-state index contributed by atoms with van der Waals surface area (Å²) in [4.78, 5) is 24.5. The molecular formula is C20H16BrN2O2+. The molecule has 1 heterocycles. The maximum Gasteiger partial charge on any atom is 0.290 e. The van der Waals surface area contributed by atoms with E-state index in [1.807, 2.05) is 42.5 Å². The lowest BCUT2D eigenvalue weighted by Crippen LogP contribution is -2.39. The first-order valence-electron chi connectivity index (χ1n) is 7.76. The Bertz CT molecular complexity index is 893. The normalized spacial score (nSPS) is 10.3. The highest BCUT2D eigenvalue weighted by molar-refractivity contribution is 9.10. The summed E-state index contributed by atoms with van der Waals surface area (Å²) in [6.07, 6.45) is 3.47. The second-order valence-corrected chi connectivity index (χ2v) is 6.43. The van der Waals surface area contributed by atoms with Gasteiger partial charge in [0.05, 0.1) is 0 Å². The van der Waals surface area contributed by atoms with Crippen molar-refractivity contribution in [2.45, 2.75) is 6.54 Å². The number of pyridine rings is 1. The fraction of sp³-hybridized carbons (Fsp3) is 0.0500. The molecule has 124 valence electrons. The molecule has 1 amide bonds. The number of nitrogens with one attached hydrogen (secondary N) is 1. The molecule has 0 atom stereocenters. The molecule has 0 aliphatic rings. The average molecular weight is 396 g/mol. The lowest BCUT2D eigenvalue weighted by molar-refractivity contribution is -0.684. The Morgan fingerprint density at radius 2 is 1.56 bits per heavy atom. The molecule has 1 N–H and O–H groups in total. The molecule has 3 aromatic rings. The lowest BCUT2D eigenvalue weighted by Gasteiger charge is -2.04. The van der Waals surface area contributed by atoms with Crippen LogP contribution >= 0.6 is 15.9 Å². The summed E-state index contributed by atoms with van der Waals surface area (Å²) in [5, 5.41) is 2.84. The van der Waals surface area contributed by atoms with E-state index in [1.165, 1.54) is 0 Å². The van der Waals surface area contributed by atoms with Crippen LogP contribution in [0.1, 0.15) is 15.9 Å². The van der Waals surface area contributed by atoms with Gasteiger partial charge in [-0.05, 0) is 18.2 Å². The molecule has 0 radical (unpaired) electrons. The molecule has 2 aromatic carbocycles. The third-order valence-electron chi connectivity index (χ3n) is 3.62. The number of halogens is 1. The predicted octanol–water partition coefficient (Wildman–Crippen LogP) is 3.61. The van der Waals surface area contributed by atoms with Crippen LogP contribution in [0.5, 0.6) is 0 Å². The Morgan fingerprint density at radius 1 is 0.880 bits per heavy atom. The highest BCUT2D eigenvalue weighted by Gasteiger charge is 2.13. The first-order chi connectivity index (χ1) is 12.1. The van der Waals surface area contributed by atoms with E-state index < -0.39 is 0 Å². The molecule has 1 aromatic heterocycles. The third kappa shape index (κ3) is 4.61. The van der Waals surface area contributed by atoms with Gasteiger partial charge < -0.3 is 5.32 Å². The number of anilines is 1. The van der Waals surface area contributed by atoms with Crippen LogP contribution in [0, 0.1) is 0 Å². The van der Waals surface area contributed by atoms with Crippen molar-refractivity contribution in [2.75, 3.05) is 5.32 Å². The monoisotopic (exact) mass is 395 g/mol. The minimum Gasteiger partial charge on any atom is -0.321 e. The van der Waals surface area contributed by atoms with E-state index >= 15 is 0 Å². The van der Waals surface area contributed by atoms with Gasteiger partial charge in [-0.2, -0.15) is 4.57 Å². The van der Waals surface area contributed by atoms with Crippen LogP contribution in [-0.2, 0) is 11.3 Å². The second kappa shape index (κ2) is 7.85. The Kier molecular flexibility index (Phi) is 5.36. The summed E-state index contributed by atoms with van der Waals surface area (Å²) in [6, 6.07) is 20.0. The third-order valence-corrected chi connectivity index (χ3v) is 4.12. The van der Waals surface area contributed by atoms with Crippen LogP contribution in [0.25, 0.3) is 0 Å². The molecule has 0 fully saturated rings. The van der Waals surface area contributed by atoms with Crippen molar-refractivity contribution in [2.24, 2.45) is 0 Å². The van der Waals surface area contributed by atoms with Crippen molar-refractivity contribution in [3.8, 4) is 0 Å². The van der Waals surface area contributed by atoms with Crippen molar-refractivity contribution < 1.29 is 14.2 Å². The topological polar surface area (TPSA) is 50.0 Å². The number of rotatable bonds is 5. The standard InChI is InChI=1S/C20H15BrN2O2/c21-17-7-4-8-18(13-17)22-19(24)14-23-11-9-16(10-12-23)20(25)15-5-2-1-3-6-15/h1-13H,14H2/p+1. The number of ketones is 1. The second-order valence-electron chi connectivity index (χ2n) is 5.51. The molecule has 0 saturated heterocycles. The van der Waals surface area contributed by atoms with E-state index in [1.54, 1.807) is 41.2 Å². The molecule has 0 aliphatic carbocycles. The van der Waals surface area contributed by atoms with Gasteiger partial charge >= 0.3 is 0 Å². The Labute approximate surface area is 154 Å². The molecule has 25 heavy (non-hydrogen) atoms. The molecule has 0 unspecified atom stereocenters. The zero-order valence-corrected chi connectivity index (χ0v) is 14.9. The number of benzene rings is 2. The summed E-state index contributed by atoms with van der Waals surface area (Å²) >= 11 is 3.37. The van der Waals surface area contributed by atoms with Crippen molar-refractivity contribution in [1.29, 1.82) is 0 Å². The predicted molar refractivity (Wildman–Crippen MR) is 99.3 cm³/mol. The minimum absolute atomic E-state index is 0.0358. The summed E-state index contributed by atoms with van der Waals surface area (Å²) in [6.45, 7) is 0.173. The van der Waals surface area contributed by atoms with Crippen LogP contribution in [0.3, 0.4) is 0 Å². The molecule has 5 heteroatoms. The van der Waals surface area contributed by atoms with E-state index in [0.717, 1.165) is 10.2 Å². The number of carbonyl (C=O) groups is 2. The van der Waals surface area contributed by atoms with Gasteiger partial charge in [0.1, 0.15) is 0 Å². The van der Waals surface area contributed by atoms with Crippen LogP contribution < -0.4 is 9.88 Å². The zero-order valence-electron chi connectivity index (χ0n) is 13.4. The highest BCUT2D eigenvalue weighted by Crippen LogP contribution is 2.15. The fourth-order valence-electron chi connectivity index (χ4n) is 2.40. The van der Waals surface area contributed by atoms with Gasteiger partial charge in [-0.3, -0.25) is 9.59 Å². The van der Waals surface area contributed by atoms with Gasteiger partial charge in [0.15, 0.2) is 18.2 Å². The largest absolute Gasteiger partial charge is 0.321 e. The average Bonchev–Trinajstić information content (AvgIpc) is 2.62. The number of hydrogen-bond acceptors (Lipinski definition) is 2. The van der Waals surface area contributed by atoms with Crippen molar-refractivity contribution in [3.05, 3.63) is 94.7 Å². The number of carbonyl (C=O) groups excluding carboxylic acids is 2. The van der Waals surface area contributed by atoms with Gasteiger partial charge in [0.25, 0.3) is 5.91 Å². The Balaban J connectivity index is 1.64. The van der Waals surface area contributed by atoms with E-state index in [0.29, 0.717) is 11.1 Å². The van der Waals surface area contributed by atoms with Crippen LogP contribution in [0.2, 0.25) is 0 Å². The maximum absolute atomic E-state index is 12.4. The lowest BCUT2D eigenvalue weighted by atomic mass is 10.0. The molecular weight excluding hydrogens is 380 g/mol. The number of hydrogen-bond donors (Lipinski definition) is 1. The van der Waals surface area contributed by atoms with Crippen LogP contribution in [-0.4, -0.2) is 11.7 Å². The van der Waals surface area contributed by atoms with Crippen molar-refractivity contribution in [1.82, 2.24) is 0 Å². The molecule has 0 bridgehead atoms. The first-order valence-corrected chi connectivity index (χ1v) is 8.55. The van der Waals surface area contributed by atoms with Crippen molar-refractivity contribution in [3.63, 3.8) is 0 Å². The zero-order chi connectivity index (χ0) is 17.6. The Morgan fingerprint density at radius 3 is 2.24 bits per heavy atom. The van der Waals surface area contributed by atoms with E-state index in [-0.39, 0.29) is 18.2 Å². The van der Waals surface area contributed by atoms with Crippen LogP contribution in [0.15, 0.2) is 83.6 Å². The smallest absolute Gasteiger partial charge is 0.290 e. The van der Waals surface area contributed by atoms with Gasteiger partial charge in [0.2, 0.25) is 6.54 Å². The molecule has 3 rings (SSSR count). The first kappa shape index (κ1) is 17.0. The molecule has 0 aliphatic heterocycles. The fourth-order valence-corrected chi connectivity index (χ4v) is 2.80. The summed E-state index contributed by atoms with van der Waals surface area (Å²) in [7, 11) is 0. The minimum atomic E-state index is -0.134. The number of nitrogens with zero attached hydrogens (tertiary/aromatic N) is 1. The number of amides is 1. The molecule has 0 saturated carbocycles. The van der Waals surface area contributed by atoms with E-state index in [4.69, 9.17) is 0 Å². The quantitative estimate of drug-likeness (QED) is 0.529. The van der Waals surface area contributed by atoms with Crippen LogP contribution in [0.4, 0.5) is 5.69 Å². The molecule has 4 nitrogen and oxygen atoms in total. The summed E-state index contributed by atoms with van der Waals surface area (Å²) in [5.41, 5.74) is 1.97. The van der Waals surface area contributed by atoms with Crippen molar-refractivity contribution >= 4 is 33.3 Å². The summed E-state index contributed by atoms with van der Waals surface area (Å²) < 4.78 is 2.64. The maximum atomic E-state index is 12.4.